The van der Waals surface area contributed by atoms with Crippen LogP contribution >= 0.6 is 0 Å². The quantitative estimate of drug-likeness (QED) is 0.778. The fourth-order valence-electron chi connectivity index (χ4n) is 1.61. The lowest BCUT2D eigenvalue weighted by molar-refractivity contribution is 0.220. The van der Waals surface area contributed by atoms with Crippen molar-refractivity contribution < 1.29 is 9.84 Å². The molecule has 5 nitrogen and oxygen atoms in total. The van der Waals surface area contributed by atoms with Gasteiger partial charge in [-0.1, -0.05) is 13.8 Å². The van der Waals surface area contributed by atoms with E-state index in [4.69, 9.17) is 9.84 Å². The van der Waals surface area contributed by atoms with E-state index in [0.717, 1.165) is 24.3 Å². The SMILES string of the molecule is CCOc1ncnc(NCC(C)(C)CCO)c1C. The standard InChI is InChI=1S/C13H23N3O2/c1-5-18-12-10(2)11(15-9-16-12)14-8-13(3,4)6-7-17/h9,17H,5-8H2,1-4H3,(H,14,15,16). The summed E-state index contributed by atoms with van der Waals surface area (Å²) >= 11 is 0. The molecule has 1 aromatic heterocycles. The average molecular weight is 253 g/mol. The topological polar surface area (TPSA) is 67.3 Å². The lowest BCUT2D eigenvalue weighted by Crippen LogP contribution is -2.25. The molecule has 0 unspecified atom stereocenters. The fourth-order valence-corrected chi connectivity index (χ4v) is 1.61. The van der Waals surface area contributed by atoms with Crippen molar-refractivity contribution in [3.8, 4) is 5.88 Å². The zero-order chi connectivity index (χ0) is 13.6. The lowest BCUT2D eigenvalue weighted by Gasteiger charge is -2.24. The van der Waals surface area contributed by atoms with Crippen LogP contribution in [0.2, 0.25) is 0 Å². The first-order valence-electron chi connectivity index (χ1n) is 6.29. The van der Waals surface area contributed by atoms with Gasteiger partial charge in [0.05, 0.1) is 12.2 Å². The molecule has 0 amide bonds. The highest BCUT2D eigenvalue weighted by Gasteiger charge is 2.18. The van der Waals surface area contributed by atoms with Crippen molar-refractivity contribution in [2.45, 2.75) is 34.1 Å². The molecule has 5 heteroatoms. The smallest absolute Gasteiger partial charge is 0.221 e. The number of hydrogen-bond donors (Lipinski definition) is 2. The van der Waals surface area contributed by atoms with Crippen LogP contribution in [0.4, 0.5) is 5.82 Å². The number of aliphatic hydroxyl groups is 1. The zero-order valence-electron chi connectivity index (χ0n) is 11.7. The maximum absolute atomic E-state index is 8.99. The Morgan fingerprint density at radius 1 is 1.39 bits per heavy atom. The highest BCUT2D eigenvalue weighted by Crippen LogP contribution is 2.24. The van der Waals surface area contributed by atoms with Gasteiger partial charge in [0.2, 0.25) is 5.88 Å². The Morgan fingerprint density at radius 2 is 2.11 bits per heavy atom. The summed E-state index contributed by atoms with van der Waals surface area (Å²) in [6, 6.07) is 0. The molecule has 0 aliphatic heterocycles. The maximum atomic E-state index is 8.99. The van der Waals surface area contributed by atoms with E-state index in [1.165, 1.54) is 6.33 Å². The van der Waals surface area contributed by atoms with E-state index < -0.39 is 0 Å². The molecule has 0 atom stereocenters. The summed E-state index contributed by atoms with van der Waals surface area (Å²) in [6.45, 7) is 9.61. The van der Waals surface area contributed by atoms with E-state index in [-0.39, 0.29) is 12.0 Å². The van der Waals surface area contributed by atoms with E-state index >= 15 is 0 Å². The van der Waals surface area contributed by atoms with Crippen LogP contribution in [0.3, 0.4) is 0 Å². The van der Waals surface area contributed by atoms with Gasteiger partial charge in [0.1, 0.15) is 12.1 Å². The van der Waals surface area contributed by atoms with Gasteiger partial charge in [0.15, 0.2) is 0 Å². The van der Waals surface area contributed by atoms with Crippen LogP contribution in [0.5, 0.6) is 5.88 Å². The van der Waals surface area contributed by atoms with E-state index in [1.807, 2.05) is 13.8 Å². The van der Waals surface area contributed by atoms with Gasteiger partial charge in [0.25, 0.3) is 0 Å². The summed E-state index contributed by atoms with van der Waals surface area (Å²) < 4.78 is 5.43. The molecule has 1 rings (SSSR count). The van der Waals surface area contributed by atoms with Crippen LogP contribution < -0.4 is 10.1 Å². The second-order valence-corrected chi connectivity index (χ2v) is 5.08. The maximum Gasteiger partial charge on any atom is 0.221 e. The van der Waals surface area contributed by atoms with Crippen LogP contribution in [0.25, 0.3) is 0 Å². The molecule has 0 aliphatic rings. The minimum Gasteiger partial charge on any atom is -0.478 e. The number of aliphatic hydroxyl groups excluding tert-OH is 1. The normalized spacial score (nSPS) is 11.4. The molecule has 18 heavy (non-hydrogen) atoms. The van der Waals surface area contributed by atoms with Crippen molar-refractivity contribution in [2.24, 2.45) is 5.41 Å². The largest absolute Gasteiger partial charge is 0.478 e. The van der Waals surface area contributed by atoms with Crippen molar-refractivity contribution >= 4 is 5.82 Å². The average Bonchev–Trinajstić information content (AvgIpc) is 2.30. The van der Waals surface area contributed by atoms with Gasteiger partial charge in [-0.05, 0) is 25.7 Å². The molecule has 2 N–H and O–H groups in total. The lowest BCUT2D eigenvalue weighted by atomic mass is 9.90. The second-order valence-electron chi connectivity index (χ2n) is 5.08. The van der Waals surface area contributed by atoms with Crippen LogP contribution in [-0.2, 0) is 0 Å². The summed E-state index contributed by atoms with van der Waals surface area (Å²) in [4.78, 5) is 8.32. The number of nitrogens with one attached hydrogen (secondary N) is 1. The molecule has 102 valence electrons. The molecule has 0 saturated carbocycles. The Hall–Kier alpha value is -1.36. The molecular formula is C13H23N3O2. The Morgan fingerprint density at radius 3 is 2.72 bits per heavy atom. The van der Waals surface area contributed by atoms with Gasteiger partial charge in [-0.25, -0.2) is 9.97 Å². The predicted octanol–water partition coefficient (Wildman–Crippen LogP) is 2.00. The van der Waals surface area contributed by atoms with E-state index in [2.05, 4.69) is 29.1 Å². The minimum atomic E-state index is 0.0257. The van der Waals surface area contributed by atoms with Gasteiger partial charge < -0.3 is 15.2 Å². The number of rotatable bonds is 7. The first kappa shape index (κ1) is 14.7. The van der Waals surface area contributed by atoms with Crippen LogP contribution in [0.15, 0.2) is 6.33 Å². The minimum absolute atomic E-state index is 0.0257. The molecular weight excluding hydrogens is 230 g/mol. The summed E-state index contributed by atoms with van der Waals surface area (Å²) in [7, 11) is 0. The Bertz CT molecular complexity index is 380. The number of ether oxygens (including phenoxy) is 1. The molecule has 0 saturated heterocycles. The van der Waals surface area contributed by atoms with Crippen molar-refractivity contribution in [1.82, 2.24) is 9.97 Å². The van der Waals surface area contributed by atoms with Crippen molar-refractivity contribution in [2.75, 3.05) is 25.1 Å². The molecule has 0 aliphatic carbocycles. The number of anilines is 1. The molecule has 1 aromatic rings. The number of hydrogen-bond acceptors (Lipinski definition) is 5. The molecule has 1 heterocycles. The van der Waals surface area contributed by atoms with E-state index in [9.17, 15) is 0 Å². The predicted molar refractivity (Wildman–Crippen MR) is 71.9 cm³/mol. The molecule has 0 aromatic carbocycles. The van der Waals surface area contributed by atoms with E-state index in [0.29, 0.717) is 12.5 Å². The first-order chi connectivity index (χ1) is 8.50. The van der Waals surface area contributed by atoms with Crippen LogP contribution in [0, 0.1) is 12.3 Å². The summed E-state index contributed by atoms with van der Waals surface area (Å²) in [5, 5.41) is 12.3. The number of nitrogens with zero attached hydrogens (tertiary/aromatic N) is 2. The van der Waals surface area contributed by atoms with Crippen LogP contribution in [0.1, 0.15) is 32.8 Å². The fraction of sp³-hybridized carbons (Fsp3) is 0.692. The monoisotopic (exact) mass is 253 g/mol. The van der Waals surface area contributed by atoms with Crippen molar-refractivity contribution in [1.29, 1.82) is 0 Å². The Kier molecular flexibility index (Phi) is 5.34. The number of aromatic nitrogens is 2. The van der Waals surface area contributed by atoms with Crippen LogP contribution in [-0.4, -0.2) is 34.8 Å². The Balaban J connectivity index is 2.70. The third kappa shape index (κ3) is 4.14. The summed E-state index contributed by atoms with van der Waals surface area (Å²) in [5.41, 5.74) is 0.942. The van der Waals surface area contributed by atoms with E-state index in [1.54, 1.807) is 0 Å². The highest BCUT2D eigenvalue weighted by molar-refractivity contribution is 5.47. The van der Waals surface area contributed by atoms with Gasteiger partial charge >= 0.3 is 0 Å². The second kappa shape index (κ2) is 6.54. The third-order valence-electron chi connectivity index (χ3n) is 2.84. The van der Waals surface area contributed by atoms with Gasteiger partial charge in [-0.2, -0.15) is 0 Å². The van der Waals surface area contributed by atoms with Gasteiger partial charge in [-0.3, -0.25) is 0 Å². The molecule has 0 radical (unpaired) electrons. The summed E-state index contributed by atoms with van der Waals surface area (Å²) in [6.07, 6.45) is 2.25. The molecule has 0 bridgehead atoms. The van der Waals surface area contributed by atoms with Crippen molar-refractivity contribution in [3.63, 3.8) is 0 Å². The highest BCUT2D eigenvalue weighted by atomic mass is 16.5. The Labute approximate surface area is 109 Å². The molecule has 0 fully saturated rings. The van der Waals surface area contributed by atoms with Crippen molar-refractivity contribution in [3.05, 3.63) is 11.9 Å². The third-order valence-corrected chi connectivity index (χ3v) is 2.84. The summed E-state index contributed by atoms with van der Waals surface area (Å²) in [5.74, 6) is 1.41. The van der Waals surface area contributed by atoms with Gasteiger partial charge in [0, 0.05) is 13.2 Å². The first-order valence-corrected chi connectivity index (χ1v) is 6.29. The zero-order valence-corrected chi connectivity index (χ0v) is 11.7. The molecule has 0 spiro atoms. The van der Waals surface area contributed by atoms with Gasteiger partial charge in [-0.15, -0.1) is 0 Å².